The lowest BCUT2D eigenvalue weighted by Crippen LogP contribution is -2.35. The van der Waals surface area contributed by atoms with Gasteiger partial charge < -0.3 is 9.47 Å². The van der Waals surface area contributed by atoms with Crippen LogP contribution in [-0.4, -0.2) is 32.4 Å². The Morgan fingerprint density at radius 1 is 1.18 bits per heavy atom. The number of aromatic nitrogens is 1. The molecule has 0 unspecified atom stereocenters. The van der Waals surface area contributed by atoms with Gasteiger partial charge in [0.05, 0.1) is 23.7 Å². The topological polar surface area (TPSA) is 89.3 Å². The van der Waals surface area contributed by atoms with Crippen molar-refractivity contribution in [2.45, 2.75) is 42.9 Å². The van der Waals surface area contributed by atoms with Crippen LogP contribution >= 0.6 is 0 Å². The van der Waals surface area contributed by atoms with Crippen LogP contribution in [-0.2, 0) is 19.3 Å². The van der Waals surface area contributed by atoms with E-state index in [-0.39, 0.29) is 21.4 Å². The summed E-state index contributed by atoms with van der Waals surface area (Å²) in [7, 11) is -3.83. The minimum atomic E-state index is -3.83. The minimum absolute atomic E-state index is 0.00639. The van der Waals surface area contributed by atoms with Crippen LogP contribution in [0.4, 0.5) is 0 Å². The second-order valence-corrected chi connectivity index (χ2v) is 9.48. The van der Waals surface area contributed by atoms with Crippen molar-refractivity contribution in [3.8, 4) is 6.07 Å². The van der Waals surface area contributed by atoms with E-state index in [2.05, 4.69) is 11.1 Å². The Kier molecular flexibility index (Phi) is 4.05. The van der Waals surface area contributed by atoms with Gasteiger partial charge in [0.2, 0.25) is 9.84 Å². The first-order valence-corrected chi connectivity index (χ1v) is 11.1. The van der Waals surface area contributed by atoms with E-state index in [0.717, 1.165) is 42.4 Å². The zero-order valence-corrected chi connectivity index (χ0v) is 16.2. The molecule has 0 atom stereocenters. The van der Waals surface area contributed by atoms with Crippen LogP contribution in [0.5, 0.6) is 0 Å². The monoisotopic (exact) mass is 396 g/mol. The first-order valence-electron chi connectivity index (χ1n) is 9.57. The van der Waals surface area contributed by atoms with Crippen molar-refractivity contribution in [1.82, 2.24) is 4.98 Å². The molecular formula is C21H20N2O4S. The smallest absolute Gasteiger partial charge is 0.225 e. The quantitative estimate of drug-likeness (QED) is 0.779. The van der Waals surface area contributed by atoms with E-state index in [1.165, 1.54) is 12.3 Å². The highest BCUT2D eigenvalue weighted by molar-refractivity contribution is 7.95. The van der Waals surface area contributed by atoms with Crippen LogP contribution in [0.1, 0.15) is 32.1 Å². The highest BCUT2D eigenvalue weighted by Gasteiger charge is 2.45. The number of rotatable bonds is 3. The van der Waals surface area contributed by atoms with E-state index in [1.807, 2.05) is 6.08 Å². The summed E-state index contributed by atoms with van der Waals surface area (Å²) in [5, 5.41) is 9.61. The number of fused-ring (bicyclic) bond motifs is 2. The molecule has 28 heavy (non-hydrogen) atoms. The van der Waals surface area contributed by atoms with Gasteiger partial charge in [-0.15, -0.1) is 0 Å². The highest BCUT2D eigenvalue weighted by Crippen LogP contribution is 2.52. The molecule has 144 valence electrons. The van der Waals surface area contributed by atoms with Gasteiger partial charge in [-0.3, -0.25) is 0 Å². The van der Waals surface area contributed by atoms with E-state index in [1.54, 1.807) is 12.1 Å². The van der Waals surface area contributed by atoms with Crippen molar-refractivity contribution < 1.29 is 17.9 Å². The lowest BCUT2D eigenvalue weighted by molar-refractivity contribution is -0.180. The zero-order valence-electron chi connectivity index (χ0n) is 15.3. The molecule has 0 aromatic carbocycles. The predicted molar refractivity (Wildman–Crippen MR) is 100 cm³/mol. The maximum Gasteiger partial charge on any atom is 0.225 e. The van der Waals surface area contributed by atoms with Gasteiger partial charge in [-0.1, -0.05) is 12.1 Å². The molecule has 0 amide bonds. The van der Waals surface area contributed by atoms with Crippen LogP contribution in [0.2, 0.25) is 0 Å². The largest absolute Gasteiger partial charge is 0.348 e. The van der Waals surface area contributed by atoms with Crippen molar-refractivity contribution in [2.24, 2.45) is 5.92 Å². The number of allylic oxidation sites excluding steroid dienone is 5. The van der Waals surface area contributed by atoms with E-state index in [4.69, 9.17) is 9.47 Å². The van der Waals surface area contributed by atoms with Crippen LogP contribution < -0.4 is 0 Å². The lowest BCUT2D eigenvalue weighted by Gasteiger charge is -2.36. The molecule has 7 heteroatoms. The number of hydrogen-bond acceptors (Lipinski definition) is 6. The molecule has 1 aromatic rings. The van der Waals surface area contributed by atoms with Crippen molar-refractivity contribution in [3.63, 3.8) is 0 Å². The number of pyridine rings is 1. The number of hydrogen-bond donors (Lipinski definition) is 0. The van der Waals surface area contributed by atoms with Gasteiger partial charge >= 0.3 is 0 Å². The molecule has 6 nitrogen and oxygen atoms in total. The summed E-state index contributed by atoms with van der Waals surface area (Å²) >= 11 is 0. The van der Waals surface area contributed by atoms with Gasteiger partial charge in [0, 0.05) is 25.5 Å². The average Bonchev–Trinajstić information content (AvgIpc) is 3.44. The average molecular weight is 396 g/mol. The maximum atomic E-state index is 13.3. The fourth-order valence-electron chi connectivity index (χ4n) is 4.84. The molecule has 0 N–H and O–H groups in total. The Labute approximate surface area is 164 Å². The van der Waals surface area contributed by atoms with E-state index >= 15 is 0 Å². The molecule has 2 bridgehead atoms. The van der Waals surface area contributed by atoms with Gasteiger partial charge in [-0.25, -0.2) is 13.4 Å². The molecule has 1 aliphatic heterocycles. The van der Waals surface area contributed by atoms with Crippen molar-refractivity contribution in [3.05, 3.63) is 57.7 Å². The van der Waals surface area contributed by atoms with Crippen LogP contribution in [0.3, 0.4) is 0 Å². The summed E-state index contributed by atoms with van der Waals surface area (Å²) in [5.74, 6) is -0.177. The second kappa shape index (κ2) is 6.38. The molecule has 4 aliphatic rings. The van der Waals surface area contributed by atoms with E-state index in [9.17, 15) is 13.7 Å². The Morgan fingerprint density at radius 2 is 1.93 bits per heavy atom. The maximum absolute atomic E-state index is 13.3. The number of ether oxygens (including phenoxy) is 2. The molecule has 0 radical (unpaired) electrons. The molecule has 1 spiro atoms. The molecule has 2 fully saturated rings. The summed E-state index contributed by atoms with van der Waals surface area (Å²) < 4.78 is 38.1. The summed E-state index contributed by atoms with van der Waals surface area (Å²) in [4.78, 5) is 4.19. The molecule has 1 saturated carbocycles. The first kappa shape index (κ1) is 17.8. The van der Waals surface area contributed by atoms with Crippen LogP contribution in [0.25, 0.3) is 0 Å². The van der Waals surface area contributed by atoms with E-state index < -0.39 is 15.6 Å². The molecule has 3 aliphatic carbocycles. The van der Waals surface area contributed by atoms with E-state index in [0.29, 0.717) is 19.6 Å². The van der Waals surface area contributed by atoms with Crippen LogP contribution in [0.15, 0.2) is 62.7 Å². The number of sulfone groups is 1. The second-order valence-electron chi connectivity index (χ2n) is 7.65. The van der Waals surface area contributed by atoms with Gasteiger partial charge in [-0.05, 0) is 47.6 Å². The summed E-state index contributed by atoms with van der Waals surface area (Å²) in [6, 6.07) is 6.93. The lowest BCUT2D eigenvalue weighted by atomic mass is 9.79. The van der Waals surface area contributed by atoms with Gasteiger partial charge in [0.15, 0.2) is 10.8 Å². The molecule has 5 rings (SSSR count). The Balaban J connectivity index is 1.51. The van der Waals surface area contributed by atoms with Crippen LogP contribution in [0, 0.1) is 17.2 Å². The van der Waals surface area contributed by atoms with Crippen molar-refractivity contribution in [2.75, 3.05) is 13.2 Å². The summed E-state index contributed by atoms with van der Waals surface area (Å²) in [5.41, 5.74) is 2.94. The number of nitriles is 1. The third-order valence-corrected chi connectivity index (χ3v) is 7.94. The number of nitrogens with zero attached hydrogens (tertiary/aromatic N) is 2. The van der Waals surface area contributed by atoms with Gasteiger partial charge in [0.25, 0.3) is 0 Å². The zero-order chi connectivity index (χ0) is 19.4. The third-order valence-electron chi connectivity index (χ3n) is 6.16. The van der Waals surface area contributed by atoms with Gasteiger partial charge in [-0.2, -0.15) is 5.26 Å². The first-order chi connectivity index (χ1) is 13.5. The normalized spacial score (nSPS) is 24.2. The molecular weight excluding hydrogens is 376 g/mol. The SMILES string of the molecule is N#CC1=C(S(=O)(=O)c2ccccn2)C2=C(C3CCC4(CC3)OCCO4)C=C1C2. The Bertz CT molecular complexity index is 1060. The van der Waals surface area contributed by atoms with Crippen molar-refractivity contribution in [1.29, 1.82) is 5.26 Å². The molecule has 1 saturated heterocycles. The summed E-state index contributed by atoms with van der Waals surface area (Å²) in [6.07, 6.45) is 7.43. The molecule has 2 heterocycles. The minimum Gasteiger partial charge on any atom is -0.348 e. The predicted octanol–water partition coefficient (Wildman–Crippen LogP) is 3.21. The fraction of sp³-hybridized carbons (Fsp3) is 0.429. The third kappa shape index (κ3) is 2.60. The highest BCUT2D eigenvalue weighted by atomic mass is 32.2. The summed E-state index contributed by atoms with van der Waals surface area (Å²) in [6.45, 7) is 1.28. The molecule has 1 aromatic heterocycles. The fourth-order valence-corrected chi connectivity index (χ4v) is 6.46. The van der Waals surface area contributed by atoms with Crippen molar-refractivity contribution >= 4 is 9.84 Å². The standard InChI is InChI=1S/C21H20N2O4S/c22-13-18-15-11-16(14-4-6-21(7-5-14)26-9-10-27-21)17(12-15)20(18)28(24,25)19-3-1-2-8-23-19/h1-3,8,11,14H,4-7,9-10,12H2. The Hall–Kier alpha value is -2.27. The Morgan fingerprint density at radius 3 is 2.57 bits per heavy atom. The van der Waals surface area contributed by atoms with Gasteiger partial charge in [0.1, 0.15) is 6.07 Å².